The number of hydrogen-bond acceptors (Lipinski definition) is 7. The zero-order valence-corrected chi connectivity index (χ0v) is 19.0. The van der Waals surface area contributed by atoms with E-state index in [2.05, 4.69) is 25.6 Å². The largest absolute Gasteiger partial charge is 0.478 e. The third-order valence-electron chi connectivity index (χ3n) is 4.71. The van der Waals surface area contributed by atoms with E-state index in [4.69, 9.17) is 0 Å². The lowest BCUT2D eigenvalue weighted by Crippen LogP contribution is -2.29. The number of nitrogens with one attached hydrogen (secondary N) is 2. The van der Waals surface area contributed by atoms with Crippen LogP contribution in [0.15, 0.2) is 23.8 Å². The molecule has 35 heavy (non-hydrogen) atoms. The van der Waals surface area contributed by atoms with Gasteiger partial charge in [-0.25, -0.2) is 24.4 Å². The molecule has 184 valence electrons. The van der Waals surface area contributed by atoms with Crippen LogP contribution in [-0.4, -0.2) is 49.7 Å². The number of nitrogens with zero attached hydrogens (tertiary/aromatic N) is 3. The van der Waals surface area contributed by atoms with Gasteiger partial charge in [0.15, 0.2) is 5.69 Å². The second-order valence-corrected chi connectivity index (χ2v) is 7.83. The van der Waals surface area contributed by atoms with E-state index in [0.29, 0.717) is 23.5 Å². The topological polar surface area (TPSA) is 154 Å². The first-order chi connectivity index (χ1) is 16.5. The number of aryl methyl sites for hydroxylation is 1. The fourth-order valence-electron chi connectivity index (χ4n) is 3.20. The van der Waals surface area contributed by atoms with Crippen molar-refractivity contribution >= 4 is 35.1 Å². The maximum Gasteiger partial charge on any atom is 0.434 e. The molecule has 4 N–H and O–H groups in total. The molecule has 0 bridgehead atoms. The van der Waals surface area contributed by atoms with Crippen LogP contribution in [0.25, 0.3) is 21.7 Å². The molecule has 0 atom stereocenters. The number of carboxylic acid groups (broad SMARTS) is 2. The van der Waals surface area contributed by atoms with Crippen LogP contribution in [0.2, 0.25) is 0 Å². The number of aromatic nitrogens is 3. The first-order valence-electron chi connectivity index (χ1n) is 10.0. The molecule has 0 saturated carbocycles. The Hall–Kier alpha value is -4.07. The number of amides is 2. The summed E-state index contributed by atoms with van der Waals surface area (Å²) < 4.78 is 39.8. The lowest BCUT2D eigenvalue weighted by atomic mass is 9.94. The van der Waals surface area contributed by atoms with Gasteiger partial charge in [0, 0.05) is 46.7 Å². The molecule has 0 aliphatic heterocycles. The monoisotopic (exact) mass is 509 g/mol. The Morgan fingerprint density at radius 2 is 1.77 bits per heavy atom. The third-order valence-corrected chi connectivity index (χ3v) is 5.57. The normalized spacial score (nSPS) is 11.2. The number of hydrogen-bond donors (Lipinski definition) is 4. The summed E-state index contributed by atoms with van der Waals surface area (Å²) in [5.41, 5.74) is -1.82. The van der Waals surface area contributed by atoms with E-state index >= 15 is 0 Å². The number of carbonyl (C=O) groups excluding carboxylic acids is 1. The van der Waals surface area contributed by atoms with Crippen molar-refractivity contribution in [2.75, 3.05) is 11.9 Å². The smallest absolute Gasteiger partial charge is 0.434 e. The maximum absolute atomic E-state index is 13.3. The summed E-state index contributed by atoms with van der Waals surface area (Å²) in [6.07, 6.45) is -2.24. The van der Waals surface area contributed by atoms with Crippen LogP contribution >= 0.6 is 11.3 Å². The zero-order chi connectivity index (χ0) is 25.9. The van der Waals surface area contributed by atoms with Gasteiger partial charge in [-0.15, -0.1) is 11.3 Å². The molecule has 0 aliphatic carbocycles. The molecule has 0 fully saturated rings. The number of halogens is 3. The predicted molar refractivity (Wildman–Crippen MR) is 120 cm³/mol. The first-order valence-corrected chi connectivity index (χ1v) is 10.9. The standard InChI is InChI=1S/C21H18F3N5O5S/c1-3-12-10(5-9(6-26-12)18(30)31)11-7-27-16(29-20(34)25-4-2)15(19(32)33)14(11)17-28-13(8-35-17)21(22,23)24/h5-8H,3-4H2,1-2H3,(H,30,31)(H,32,33)(H2,25,27,29,34). The SMILES string of the molecule is CCNC(=O)Nc1ncc(-c2cc(C(=O)O)cnc2CC)c(-c2nc(C(F)(F)F)cs2)c1C(=O)O. The molecule has 14 heteroatoms. The first kappa shape index (κ1) is 25.6. The van der Waals surface area contributed by atoms with Crippen molar-refractivity contribution < 1.29 is 37.8 Å². The lowest BCUT2D eigenvalue weighted by Gasteiger charge is -2.17. The minimum absolute atomic E-state index is 0.000579. The van der Waals surface area contributed by atoms with Crippen LogP contribution in [0.5, 0.6) is 0 Å². The molecule has 10 nitrogen and oxygen atoms in total. The summed E-state index contributed by atoms with van der Waals surface area (Å²) in [6.45, 7) is 3.56. The molecule has 0 spiro atoms. The van der Waals surface area contributed by atoms with Crippen molar-refractivity contribution in [3.8, 4) is 21.7 Å². The number of anilines is 1. The van der Waals surface area contributed by atoms with Crippen molar-refractivity contribution in [1.29, 1.82) is 0 Å². The number of urea groups is 1. The number of rotatable bonds is 7. The molecule has 0 aromatic carbocycles. The number of carbonyl (C=O) groups is 3. The fraction of sp³-hybridized carbons (Fsp3) is 0.238. The zero-order valence-electron chi connectivity index (χ0n) is 18.2. The number of aromatic carboxylic acids is 2. The average molecular weight is 509 g/mol. The summed E-state index contributed by atoms with van der Waals surface area (Å²) in [7, 11) is 0. The van der Waals surface area contributed by atoms with Crippen LogP contribution < -0.4 is 10.6 Å². The van der Waals surface area contributed by atoms with Crippen molar-refractivity contribution in [1.82, 2.24) is 20.3 Å². The Morgan fingerprint density at radius 3 is 2.31 bits per heavy atom. The second kappa shape index (κ2) is 10.0. The molecule has 3 aromatic heterocycles. The van der Waals surface area contributed by atoms with Gasteiger partial charge in [-0.2, -0.15) is 13.2 Å². The number of thiazole rings is 1. The molecule has 0 radical (unpaired) electrons. The number of carboxylic acids is 2. The summed E-state index contributed by atoms with van der Waals surface area (Å²) in [6, 6.07) is 0.454. The van der Waals surface area contributed by atoms with Gasteiger partial charge in [0.1, 0.15) is 16.4 Å². The summed E-state index contributed by atoms with van der Waals surface area (Å²) in [5.74, 6) is -3.32. The molecule has 0 saturated heterocycles. The highest BCUT2D eigenvalue weighted by Crippen LogP contribution is 2.42. The van der Waals surface area contributed by atoms with Gasteiger partial charge in [0.05, 0.1) is 5.56 Å². The van der Waals surface area contributed by atoms with Gasteiger partial charge in [-0.05, 0) is 19.4 Å². The maximum atomic E-state index is 13.3. The van der Waals surface area contributed by atoms with Crippen molar-refractivity contribution in [2.45, 2.75) is 26.4 Å². The minimum atomic E-state index is -4.78. The molecule has 3 aromatic rings. The summed E-state index contributed by atoms with van der Waals surface area (Å²) in [5, 5.41) is 24.5. The Bertz CT molecular complexity index is 1310. The van der Waals surface area contributed by atoms with Gasteiger partial charge in [-0.3, -0.25) is 10.3 Å². The lowest BCUT2D eigenvalue weighted by molar-refractivity contribution is -0.140. The van der Waals surface area contributed by atoms with Gasteiger partial charge in [-0.1, -0.05) is 6.92 Å². The number of pyridine rings is 2. The molecular formula is C21H18F3N5O5S. The molecule has 0 unspecified atom stereocenters. The molecule has 2 amide bonds. The van der Waals surface area contributed by atoms with Crippen LogP contribution in [0, 0.1) is 0 Å². The highest BCUT2D eigenvalue weighted by atomic mass is 32.1. The predicted octanol–water partition coefficient (Wildman–Crippen LogP) is 4.39. The summed E-state index contributed by atoms with van der Waals surface area (Å²) in [4.78, 5) is 47.6. The molecule has 0 aliphatic rings. The molecular weight excluding hydrogens is 491 g/mol. The third kappa shape index (κ3) is 5.37. The average Bonchev–Trinajstić information content (AvgIpc) is 3.29. The quantitative estimate of drug-likeness (QED) is 0.366. The van der Waals surface area contributed by atoms with Crippen LogP contribution in [-0.2, 0) is 12.6 Å². The Labute approximate surface area is 199 Å². The van der Waals surface area contributed by atoms with Gasteiger partial charge >= 0.3 is 24.1 Å². The van der Waals surface area contributed by atoms with E-state index in [9.17, 15) is 37.8 Å². The Balaban J connectivity index is 2.39. The van der Waals surface area contributed by atoms with E-state index < -0.39 is 41.2 Å². The molecule has 3 rings (SSSR count). The van der Waals surface area contributed by atoms with Crippen molar-refractivity contribution in [3.05, 3.63) is 46.4 Å². The van der Waals surface area contributed by atoms with E-state index in [1.807, 2.05) is 0 Å². The van der Waals surface area contributed by atoms with Crippen molar-refractivity contribution in [2.24, 2.45) is 0 Å². The second-order valence-electron chi connectivity index (χ2n) is 6.97. The highest BCUT2D eigenvalue weighted by Gasteiger charge is 2.35. The fourth-order valence-corrected chi connectivity index (χ4v) is 4.09. The van der Waals surface area contributed by atoms with E-state index in [0.717, 1.165) is 17.8 Å². The van der Waals surface area contributed by atoms with Crippen LogP contribution in [0.4, 0.5) is 23.8 Å². The van der Waals surface area contributed by atoms with Gasteiger partial charge < -0.3 is 15.5 Å². The minimum Gasteiger partial charge on any atom is -0.478 e. The molecule has 3 heterocycles. The van der Waals surface area contributed by atoms with Gasteiger partial charge in [0.25, 0.3) is 0 Å². The Kier molecular flexibility index (Phi) is 7.34. The summed E-state index contributed by atoms with van der Waals surface area (Å²) >= 11 is 0.544. The van der Waals surface area contributed by atoms with Gasteiger partial charge in [0.2, 0.25) is 0 Å². The van der Waals surface area contributed by atoms with E-state index in [-0.39, 0.29) is 33.8 Å². The number of alkyl halides is 3. The van der Waals surface area contributed by atoms with Crippen molar-refractivity contribution in [3.63, 3.8) is 0 Å². The van der Waals surface area contributed by atoms with Crippen LogP contribution in [0.1, 0.15) is 46.0 Å². The van der Waals surface area contributed by atoms with E-state index in [1.54, 1.807) is 13.8 Å². The Morgan fingerprint density at radius 1 is 1.06 bits per heavy atom. The van der Waals surface area contributed by atoms with E-state index in [1.165, 1.54) is 6.07 Å². The van der Waals surface area contributed by atoms with Crippen LogP contribution in [0.3, 0.4) is 0 Å². The highest BCUT2D eigenvalue weighted by molar-refractivity contribution is 7.13.